The number of aliphatic hydroxyl groups excluding tert-OH is 1. The molecule has 2 aromatic rings. The van der Waals surface area contributed by atoms with Crippen molar-refractivity contribution < 1.29 is 14.2 Å². The van der Waals surface area contributed by atoms with Crippen LogP contribution in [-0.2, 0) is 4.74 Å². The van der Waals surface area contributed by atoms with E-state index in [0.29, 0.717) is 25.2 Å². The molecule has 0 saturated carbocycles. The first-order valence-electron chi connectivity index (χ1n) is 6.84. The molecule has 2 aliphatic rings. The van der Waals surface area contributed by atoms with E-state index in [1.165, 1.54) is 6.07 Å². The van der Waals surface area contributed by atoms with Crippen LogP contribution in [0.1, 0.15) is 18.0 Å². The van der Waals surface area contributed by atoms with Crippen molar-refractivity contribution in [2.75, 3.05) is 13.2 Å². The second-order valence-electron chi connectivity index (χ2n) is 5.43. The maximum atomic E-state index is 14.1. The molecule has 20 heavy (non-hydrogen) atoms. The fourth-order valence-corrected chi connectivity index (χ4v) is 3.41. The molecular weight excluding hydrogens is 259 g/mol. The van der Waals surface area contributed by atoms with Crippen molar-refractivity contribution in [3.63, 3.8) is 0 Å². The molecule has 0 spiro atoms. The van der Waals surface area contributed by atoms with Crippen molar-refractivity contribution in [2.45, 2.75) is 18.6 Å². The third-order valence-electron chi connectivity index (χ3n) is 4.35. The summed E-state index contributed by atoms with van der Waals surface area (Å²) in [7, 11) is 0. The highest BCUT2D eigenvalue weighted by Gasteiger charge is 2.40. The number of fused-ring (bicyclic) bond motifs is 3. The SMILES string of the molecule is OC1CCOCC1[C@H]1c2cccc(F)c2-c2cncn21. The van der Waals surface area contributed by atoms with E-state index in [0.717, 1.165) is 11.3 Å². The van der Waals surface area contributed by atoms with Crippen LogP contribution in [0.5, 0.6) is 0 Å². The normalized spacial score (nSPS) is 28.2. The molecule has 0 aliphatic carbocycles. The highest BCUT2D eigenvalue weighted by atomic mass is 19.1. The van der Waals surface area contributed by atoms with Gasteiger partial charge in [-0.15, -0.1) is 0 Å². The van der Waals surface area contributed by atoms with E-state index >= 15 is 0 Å². The van der Waals surface area contributed by atoms with Crippen LogP contribution >= 0.6 is 0 Å². The zero-order chi connectivity index (χ0) is 13.7. The van der Waals surface area contributed by atoms with Crippen LogP contribution < -0.4 is 0 Å². The lowest BCUT2D eigenvalue weighted by Gasteiger charge is -2.33. The van der Waals surface area contributed by atoms with E-state index in [-0.39, 0.29) is 17.8 Å². The number of ether oxygens (including phenoxy) is 1. The van der Waals surface area contributed by atoms with E-state index in [9.17, 15) is 9.50 Å². The summed E-state index contributed by atoms with van der Waals surface area (Å²) in [5.74, 6) is -0.308. The number of halogens is 1. The van der Waals surface area contributed by atoms with Gasteiger partial charge in [0, 0.05) is 18.1 Å². The molecule has 4 rings (SSSR count). The molecule has 3 atom stereocenters. The third kappa shape index (κ3) is 1.57. The van der Waals surface area contributed by atoms with Crippen LogP contribution in [-0.4, -0.2) is 34.0 Å². The van der Waals surface area contributed by atoms with E-state index in [1.54, 1.807) is 18.6 Å². The summed E-state index contributed by atoms with van der Waals surface area (Å²) >= 11 is 0. The summed E-state index contributed by atoms with van der Waals surface area (Å²) in [4.78, 5) is 4.13. The second-order valence-corrected chi connectivity index (χ2v) is 5.43. The van der Waals surface area contributed by atoms with Crippen LogP contribution in [0.25, 0.3) is 11.3 Å². The Kier molecular flexibility index (Phi) is 2.65. The molecule has 1 fully saturated rings. The van der Waals surface area contributed by atoms with Crippen molar-refractivity contribution in [1.82, 2.24) is 9.55 Å². The summed E-state index contributed by atoms with van der Waals surface area (Å²) in [5, 5.41) is 10.3. The summed E-state index contributed by atoms with van der Waals surface area (Å²) in [6.07, 6.45) is 3.58. The van der Waals surface area contributed by atoms with Crippen molar-refractivity contribution in [3.05, 3.63) is 42.1 Å². The topological polar surface area (TPSA) is 47.3 Å². The largest absolute Gasteiger partial charge is 0.393 e. The van der Waals surface area contributed by atoms with Gasteiger partial charge in [0.1, 0.15) is 5.82 Å². The van der Waals surface area contributed by atoms with Gasteiger partial charge in [-0.25, -0.2) is 9.37 Å². The second kappa shape index (κ2) is 4.40. The number of rotatable bonds is 1. The van der Waals surface area contributed by atoms with Crippen LogP contribution in [0.3, 0.4) is 0 Å². The molecule has 1 N–H and O–H groups in total. The molecule has 1 aromatic heterocycles. The highest BCUT2D eigenvalue weighted by molar-refractivity contribution is 5.69. The predicted molar refractivity (Wildman–Crippen MR) is 70.7 cm³/mol. The van der Waals surface area contributed by atoms with E-state index in [4.69, 9.17) is 4.74 Å². The molecule has 0 radical (unpaired) electrons. The lowest BCUT2D eigenvalue weighted by molar-refractivity contribution is -0.0481. The van der Waals surface area contributed by atoms with Crippen molar-refractivity contribution in [2.24, 2.45) is 5.92 Å². The molecule has 0 amide bonds. The summed E-state index contributed by atoms with van der Waals surface area (Å²) in [6, 6.07) is 5.01. The molecule has 4 nitrogen and oxygen atoms in total. The Bertz CT molecular complexity index is 655. The van der Waals surface area contributed by atoms with Gasteiger partial charge in [-0.05, 0) is 18.1 Å². The number of aliphatic hydroxyl groups is 1. The zero-order valence-electron chi connectivity index (χ0n) is 10.9. The van der Waals surface area contributed by atoms with Crippen molar-refractivity contribution >= 4 is 0 Å². The maximum Gasteiger partial charge on any atom is 0.132 e. The number of imidazole rings is 1. The fourth-order valence-electron chi connectivity index (χ4n) is 3.41. The fraction of sp³-hybridized carbons (Fsp3) is 0.400. The van der Waals surface area contributed by atoms with Crippen molar-refractivity contribution in [3.8, 4) is 11.3 Å². The van der Waals surface area contributed by atoms with E-state index in [2.05, 4.69) is 4.98 Å². The molecule has 1 saturated heterocycles. The van der Waals surface area contributed by atoms with Gasteiger partial charge < -0.3 is 14.4 Å². The van der Waals surface area contributed by atoms with E-state index in [1.807, 2.05) is 10.6 Å². The van der Waals surface area contributed by atoms with Crippen LogP contribution in [0.15, 0.2) is 30.7 Å². The maximum absolute atomic E-state index is 14.1. The monoisotopic (exact) mass is 274 g/mol. The molecule has 2 aliphatic heterocycles. The Morgan fingerprint density at radius 1 is 1.40 bits per heavy atom. The molecule has 104 valence electrons. The average molecular weight is 274 g/mol. The Morgan fingerprint density at radius 3 is 3.15 bits per heavy atom. The molecular formula is C15H15FN2O2. The van der Waals surface area contributed by atoms with Gasteiger partial charge >= 0.3 is 0 Å². The van der Waals surface area contributed by atoms with Gasteiger partial charge in [0.05, 0.1) is 37.0 Å². The highest BCUT2D eigenvalue weighted by Crippen LogP contribution is 2.45. The van der Waals surface area contributed by atoms with Gasteiger partial charge in [0.25, 0.3) is 0 Å². The number of benzene rings is 1. The molecule has 3 heterocycles. The zero-order valence-corrected chi connectivity index (χ0v) is 10.9. The van der Waals surface area contributed by atoms with Gasteiger partial charge in [0.15, 0.2) is 0 Å². The minimum atomic E-state index is -0.432. The lowest BCUT2D eigenvalue weighted by atomic mass is 9.86. The Hall–Kier alpha value is -1.72. The number of aromatic nitrogens is 2. The minimum absolute atomic E-state index is 0.0697. The first-order valence-corrected chi connectivity index (χ1v) is 6.84. The van der Waals surface area contributed by atoms with Gasteiger partial charge in [0.2, 0.25) is 0 Å². The van der Waals surface area contributed by atoms with Gasteiger partial charge in [-0.3, -0.25) is 0 Å². The minimum Gasteiger partial charge on any atom is -0.393 e. The lowest BCUT2D eigenvalue weighted by Crippen LogP contribution is -2.37. The first-order chi connectivity index (χ1) is 9.77. The van der Waals surface area contributed by atoms with Gasteiger partial charge in [-0.1, -0.05) is 12.1 Å². The molecule has 0 bridgehead atoms. The summed E-state index contributed by atoms with van der Waals surface area (Å²) in [6.45, 7) is 1.07. The smallest absolute Gasteiger partial charge is 0.132 e. The molecule has 2 unspecified atom stereocenters. The van der Waals surface area contributed by atoms with Crippen LogP contribution in [0, 0.1) is 11.7 Å². The summed E-state index contributed by atoms with van der Waals surface area (Å²) in [5.41, 5.74) is 2.30. The van der Waals surface area contributed by atoms with Crippen LogP contribution in [0.4, 0.5) is 4.39 Å². The Balaban J connectivity index is 1.87. The Morgan fingerprint density at radius 2 is 2.30 bits per heavy atom. The molecule has 1 aromatic carbocycles. The van der Waals surface area contributed by atoms with Crippen LogP contribution in [0.2, 0.25) is 0 Å². The average Bonchev–Trinajstić information content (AvgIpc) is 3.00. The quantitative estimate of drug-likeness (QED) is 0.865. The molecule has 5 heteroatoms. The third-order valence-corrected chi connectivity index (χ3v) is 4.35. The standard InChI is InChI=1S/C15H15FN2O2/c16-11-3-1-2-9-14(11)12-6-17-8-18(12)15(9)10-7-20-5-4-13(10)19/h1-3,6,8,10,13,15,19H,4-5,7H2/t10?,13?,15-/m1/s1. The first kappa shape index (κ1) is 12.1. The van der Waals surface area contributed by atoms with E-state index < -0.39 is 6.10 Å². The van der Waals surface area contributed by atoms with Crippen molar-refractivity contribution in [1.29, 1.82) is 0 Å². The van der Waals surface area contributed by atoms with Gasteiger partial charge in [-0.2, -0.15) is 0 Å². The number of hydrogen-bond acceptors (Lipinski definition) is 3. The Labute approximate surface area is 115 Å². The predicted octanol–water partition coefficient (Wildman–Crippen LogP) is 1.99. The summed E-state index contributed by atoms with van der Waals surface area (Å²) < 4.78 is 21.6. The number of nitrogens with zero attached hydrogens (tertiary/aromatic N) is 2. The number of hydrogen-bond donors (Lipinski definition) is 1.